The normalized spacial score (nSPS) is 18.1. The summed E-state index contributed by atoms with van der Waals surface area (Å²) in [6.45, 7) is 3.47. The number of piperidine rings is 1. The minimum atomic E-state index is -4.72. The Balaban J connectivity index is 0.00000338. The predicted octanol–water partition coefficient (Wildman–Crippen LogP) is 3.19. The number of anilines is 1. The third kappa shape index (κ3) is 7.67. The number of alkyl halides is 3. The predicted molar refractivity (Wildman–Crippen MR) is 104 cm³/mol. The Morgan fingerprint density at radius 3 is 2.62 bits per heavy atom. The smallest absolute Gasteiger partial charge is 0.406 e. The molecule has 26 heavy (non-hydrogen) atoms. The van der Waals surface area contributed by atoms with E-state index < -0.39 is 6.36 Å². The number of aliphatic imine (C=N–C) groups is 1. The van der Waals surface area contributed by atoms with E-state index in [0.717, 1.165) is 19.4 Å². The Morgan fingerprint density at radius 1 is 1.38 bits per heavy atom. The number of hydrogen-bond donors (Lipinski definition) is 2. The molecule has 1 heterocycles. The van der Waals surface area contributed by atoms with E-state index in [1.807, 2.05) is 0 Å². The zero-order valence-corrected chi connectivity index (χ0v) is 16.6. The van der Waals surface area contributed by atoms with Crippen molar-refractivity contribution in [2.75, 3.05) is 25.0 Å². The molecule has 1 saturated heterocycles. The molecule has 1 aliphatic heterocycles. The van der Waals surface area contributed by atoms with Crippen LogP contribution in [0.25, 0.3) is 0 Å². The zero-order chi connectivity index (χ0) is 18.4. The van der Waals surface area contributed by atoms with Crippen LogP contribution in [0.3, 0.4) is 0 Å². The fourth-order valence-electron chi connectivity index (χ4n) is 2.65. The van der Waals surface area contributed by atoms with Crippen molar-refractivity contribution in [1.29, 1.82) is 0 Å². The van der Waals surface area contributed by atoms with Crippen molar-refractivity contribution in [1.82, 2.24) is 4.90 Å². The van der Waals surface area contributed by atoms with E-state index >= 15 is 0 Å². The Morgan fingerprint density at radius 2 is 2.04 bits per heavy atom. The number of halogens is 4. The summed E-state index contributed by atoms with van der Waals surface area (Å²) in [6, 6.07) is 5.22. The van der Waals surface area contributed by atoms with Crippen LogP contribution in [0, 0.1) is 5.92 Å². The molecule has 1 unspecified atom stereocenters. The molecular weight excluding hydrogens is 464 g/mol. The Labute approximate surface area is 167 Å². The first kappa shape index (κ1) is 22.3. The van der Waals surface area contributed by atoms with E-state index in [1.165, 1.54) is 24.3 Å². The summed E-state index contributed by atoms with van der Waals surface area (Å²) < 4.78 is 40.1. The quantitative estimate of drug-likeness (QED) is 0.390. The average Bonchev–Trinajstić information content (AvgIpc) is 2.54. The van der Waals surface area contributed by atoms with Gasteiger partial charge in [0.2, 0.25) is 5.91 Å². The molecule has 1 aliphatic rings. The molecule has 2 rings (SSSR count). The van der Waals surface area contributed by atoms with Crippen LogP contribution in [0.5, 0.6) is 5.75 Å². The number of carbonyl (C=O) groups is 1. The van der Waals surface area contributed by atoms with Crippen LogP contribution < -0.4 is 15.8 Å². The largest absolute Gasteiger partial charge is 0.573 e. The number of carbonyl (C=O) groups excluding carboxylic acids is 1. The SMILES string of the molecule is CC(=O)N1CCCC(CN=C(N)Nc2ccc(OC(F)(F)F)cc2)C1.I. The van der Waals surface area contributed by atoms with Gasteiger partial charge in [-0.05, 0) is 43.0 Å². The lowest BCUT2D eigenvalue weighted by Gasteiger charge is -2.31. The summed E-state index contributed by atoms with van der Waals surface area (Å²) in [5.41, 5.74) is 6.31. The van der Waals surface area contributed by atoms with Gasteiger partial charge in [0, 0.05) is 32.2 Å². The van der Waals surface area contributed by atoms with Crippen LogP contribution in [0.15, 0.2) is 29.3 Å². The minimum Gasteiger partial charge on any atom is -0.406 e. The van der Waals surface area contributed by atoms with Gasteiger partial charge in [-0.3, -0.25) is 9.79 Å². The number of likely N-dealkylation sites (tertiary alicyclic amines) is 1. The van der Waals surface area contributed by atoms with Crippen LogP contribution in [0.4, 0.5) is 18.9 Å². The van der Waals surface area contributed by atoms with Gasteiger partial charge in [0.1, 0.15) is 5.75 Å². The fourth-order valence-corrected chi connectivity index (χ4v) is 2.65. The van der Waals surface area contributed by atoms with Gasteiger partial charge in [0.05, 0.1) is 0 Å². The second kappa shape index (κ2) is 9.83. The second-order valence-corrected chi connectivity index (χ2v) is 5.90. The molecule has 0 saturated carbocycles. The van der Waals surface area contributed by atoms with Gasteiger partial charge in [-0.1, -0.05) is 0 Å². The van der Waals surface area contributed by atoms with Crippen LogP contribution in [0.2, 0.25) is 0 Å². The van der Waals surface area contributed by atoms with Crippen molar-refractivity contribution in [2.24, 2.45) is 16.6 Å². The summed E-state index contributed by atoms with van der Waals surface area (Å²) in [6.07, 6.45) is -2.80. The maximum Gasteiger partial charge on any atom is 0.573 e. The highest BCUT2D eigenvalue weighted by Crippen LogP contribution is 2.24. The molecule has 3 N–H and O–H groups in total. The number of hydrogen-bond acceptors (Lipinski definition) is 3. The summed E-state index contributed by atoms with van der Waals surface area (Å²) in [5.74, 6) is 0.172. The molecule has 0 radical (unpaired) electrons. The van der Waals surface area contributed by atoms with Crippen LogP contribution in [0.1, 0.15) is 19.8 Å². The Bertz CT molecular complexity index is 623. The lowest BCUT2D eigenvalue weighted by molar-refractivity contribution is -0.274. The molecule has 0 aromatic heterocycles. The molecular formula is C16H22F3IN4O2. The molecule has 6 nitrogen and oxygen atoms in total. The molecule has 0 aliphatic carbocycles. The van der Waals surface area contributed by atoms with E-state index in [1.54, 1.807) is 11.8 Å². The summed E-state index contributed by atoms with van der Waals surface area (Å²) in [4.78, 5) is 17.5. The molecule has 1 atom stereocenters. The fraction of sp³-hybridized carbons (Fsp3) is 0.500. The van der Waals surface area contributed by atoms with Gasteiger partial charge in [-0.15, -0.1) is 37.1 Å². The van der Waals surface area contributed by atoms with Gasteiger partial charge in [-0.2, -0.15) is 0 Å². The van der Waals surface area contributed by atoms with Crippen LogP contribution >= 0.6 is 24.0 Å². The third-order valence-corrected chi connectivity index (χ3v) is 3.84. The van der Waals surface area contributed by atoms with Crippen molar-refractivity contribution >= 4 is 41.5 Å². The monoisotopic (exact) mass is 486 g/mol. The van der Waals surface area contributed by atoms with Crippen molar-refractivity contribution in [3.05, 3.63) is 24.3 Å². The van der Waals surface area contributed by atoms with Crippen LogP contribution in [-0.4, -0.2) is 42.8 Å². The number of nitrogens with one attached hydrogen (secondary N) is 1. The Kier molecular flexibility index (Phi) is 8.44. The minimum absolute atomic E-state index is 0. The molecule has 0 spiro atoms. The second-order valence-electron chi connectivity index (χ2n) is 5.90. The topological polar surface area (TPSA) is 80.0 Å². The maximum atomic E-state index is 12.1. The molecule has 0 bridgehead atoms. The first-order chi connectivity index (χ1) is 11.7. The maximum absolute atomic E-state index is 12.1. The standard InChI is InChI=1S/C16H21F3N4O2.HI/c1-11(24)23-8-2-3-12(10-23)9-21-15(20)22-13-4-6-14(7-5-13)25-16(17,18)19;/h4-7,12H,2-3,8-10H2,1H3,(H3,20,21,22);1H. The summed E-state index contributed by atoms with van der Waals surface area (Å²) in [7, 11) is 0. The molecule has 1 fully saturated rings. The highest BCUT2D eigenvalue weighted by atomic mass is 127. The summed E-state index contributed by atoms with van der Waals surface area (Å²) in [5, 5.41) is 2.82. The Hall–Kier alpha value is -1.72. The van der Waals surface area contributed by atoms with Gasteiger partial charge in [0.25, 0.3) is 0 Å². The van der Waals surface area contributed by atoms with E-state index in [9.17, 15) is 18.0 Å². The molecule has 1 aromatic carbocycles. The highest BCUT2D eigenvalue weighted by molar-refractivity contribution is 14.0. The van der Waals surface area contributed by atoms with Crippen molar-refractivity contribution in [2.45, 2.75) is 26.1 Å². The van der Waals surface area contributed by atoms with Gasteiger partial charge >= 0.3 is 6.36 Å². The number of amides is 1. The van der Waals surface area contributed by atoms with Crippen LogP contribution in [-0.2, 0) is 4.79 Å². The lowest BCUT2D eigenvalue weighted by atomic mass is 9.98. The third-order valence-electron chi connectivity index (χ3n) is 3.84. The summed E-state index contributed by atoms with van der Waals surface area (Å²) >= 11 is 0. The van der Waals surface area contributed by atoms with Gasteiger partial charge in [-0.25, -0.2) is 0 Å². The first-order valence-electron chi connectivity index (χ1n) is 7.91. The molecule has 10 heteroatoms. The molecule has 1 aromatic rings. The number of guanidine groups is 1. The van der Waals surface area contributed by atoms with E-state index in [4.69, 9.17) is 5.73 Å². The van der Waals surface area contributed by atoms with E-state index in [0.29, 0.717) is 18.8 Å². The van der Waals surface area contributed by atoms with Gasteiger partial charge < -0.3 is 20.7 Å². The highest BCUT2D eigenvalue weighted by Gasteiger charge is 2.30. The van der Waals surface area contributed by atoms with Crippen molar-refractivity contribution in [3.8, 4) is 5.75 Å². The first-order valence-corrected chi connectivity index (χ1v) is 7.91. The van der Waals surface area contributed by atoms with Crippen molar-refractivity contribution < 1.29 is 22.7 Å². The van der Waals surface area contributed by atoms with Crippen molar-refractivity contribution in [3.63, 3.8) is 0 Å². The van der Waals surface area contributed by atoms with E-state index in [-0.39, 0.29) is 47.5 Å². The number of benzene rings is 1. The average molecular weight is 486 g/mol. The van der Waals surface area contributed by atoms with E-state index in [2.05, 4.69) is 15.0 Å². The number of nitrogens with zero attached hydrogens (tertiary/aromatic N) is 2. The lowest BCUT2D eigenvalue weighted by Crippen LogP contribution is -2.39. The molecule has 1 amide bonds. The number of rotatable bonds is 4. The molecule has 146 valence electrons. The number of ether oxygens (including phenoxy) is 1. The zero-order valence-electron chi connectivity index (χ0n) is 14.3. The van der Waals surface area contributed by atoms with Gasteiger partial charge in [0.15, 0.2) is 5.96 Å². The number of nitrogens with two attached hydrogens (primary N) is 1.